The van der Waals surface area contributed by atoms with Crippen molar-refractivity contribution in [1.82, 2.24) is 9.88 Å². The highest BCUT2D eigenvalue weighted by Crippen LogP contribution is 2.21. The van der Waals surface area contributed by atoms with Gasteiger partial charge in [0.25, 0.3) is 0 Å². The molecule has 0 aromatic carbocycles. The molecule has 1 aromatic rings. The van der Waals surface area contributed by atoms with Gasteiger partial charge in [0.2, 0.25) is 0 Å². The summed E-state index contributed by atoms with van der Waals surface area (Å²) >= 11 is 0. The van der Waals surface area contributed by atoms with E-state index in [1.54, 1.807) is 0 Å². The molecule has 0 spiro atoms. The van der Waals surface area contributed by atoms with Crippen LogP contribution in [-0.2, 0) is 0 Å². The second kappa shape index (κ2) is 7.04. The van der Waals surface area contributed by atoms with Crippen LogP contribution >= 0.6 is 0 Å². The summed E-state index contributed by atoms with van der Waals surface area (Å²) in [5.74, 6) is 0.800. The van der Waals surface area contributed by atoms with Crippen LogP contribution in [0.2, 0.25) is 0 Å². The Bertz CT molecular complexity index is 395. The molecule has 0 unspecified atom stereocenters. The lowest BCUT2D eigenvalue weighted by Gasteiger charge is -2.32. The van der Waals surface area contributed by atoms with Gasteiger partial charge in [0.05, 0.1) is 17.6 Å². The minimum absolute atomic E-state index is 0.0586. The van der Waals surface area contributed by atoms with Gasteiger partial charge < -0.3 is 15.5 Å². The molecule has 0 amide bonds. The summed E-state index contributed by atoms with van der Waals surface area (Å²) < 4.78 is 0. The monoisotopic (exact) mass is 276 g/mol. The molecule has 4 nitrogen and oxygen atoms in total. The van der Waals surface area contributed by atoms with Gasteiger partial charge >= 0.3 is 0 Å². The molecule has 1 saturated heterocycles. The van der Waals surface area contributed by atoms with Crippen molar-refractivity contribution in [2.24, 2.45) is 11.7 Å². The lowest BCUT2D eigenvalue weighted by Crippen LogP contribution is -2.35. The number of pyridine rings is 1. The van der Waals surface area contributed by atoms with Crippen LogP contribution < -0.4 is 10.6 Å². The molecule has 2 N–H and O–H groups in total. The van der Waals surface area contributed by atoms with Crippen LogP contribution in [0.4, 0.5) is 5.69 Å². The number of anilines is 1. The van der Waals surface area contributed by atoms with E-state index in [0.29, 0.717) is 0 Å². The van der Waals surface area contributed by atoms with E-state index >= 15 is 0 Å². The molecule has 0 bridgehead atoms. The number of likely N-dealkylation sites (tertiary alicyclic amines) is 1. The van der Waals surface area contributed by atoms with E-state index in [1.807, 2.05) is 6.20 Å². The summed E-state index contributed by atoms with van der Waals surface area (Å²) in [7, 11) is 4.37. The normalized spacial score (nSPS) is 19.0. The maximum absolute atomic E-state index is 6.00. The van der Waals surface area contributed by atoms with Gasteiger partial charge in [-0.15, -0.1) is 0 Å². The molecule has 20 heavy (non-hydrogen) atoms. The van der Waals surface area contributed by atoms with Gasteiger partial charge in [0.15, 0.2) is 0 Å². The van der Waals surface area contributed by atoms with Crippen molar-refractivity contribution < 1.29 is 0 Å². The summed E-state index contributed by atoms with van der Waals surface area (Å²) in [5.41, 5.74) is 8.18. The van der Waals surface area contributed by atoms with E-state index in [4.69, 9.17) is 5.73 Å². The number of aromatic nitrogens is 1. The molecule has 1 aliphatic heterocycles. The molecule has 1 aliphatic rings. The van der Waals surface area contributed by atoms with Crippen LogP contribution in [0.5, 0.6) is 0 Å². The van der Waals surface area contributed by atoms with Crippen molar-refractivity contribution in [3.63, 3.8) is 0 Å². The van der Waals surface area contributed by atoms with Crippen molar-refractivity contribution in [3.8, 4) is 0 Å². The average Bonchev–Trinajstić information content (AvgIpc) is 2.49. The smallest absolute Gasteiger partial charge is 0.0572 e. The van der Waals surface area contributed by atoms with Gasteiger partial charge in [0.1, 0.15) is 0 Å². The maximum atomic E-state index is 6.00. The number of nitrogens with zero attached hydrogens (tertiary/aromatic N) is 3. The first-order valence-electron chi connectivity index (χ1n) is 7.71. The van der Waals surface area contributed by atoms with Gasteiger partial charge in [-0.1, -0.05) is 6.92 Å². The minimum atomic E-state index is 0.0586. The van der Waals surface area contributed by atoms with Crippen molar-refractivity contribution >= 4 is 5.69 Å². The lowest BCUT2D eigenvalue weighted by atomic mass is 9.96. The zero-order valence-electron chi connectivity index (χ0n) is 13.0. The number of hydrogen-bond acceptors (Lipinski definition) is 4. The van der Waals surface area contributed by atoms with Crippen LogP contribution in [-0.4, -0.2) is 43.6 Å². The van der Waals surface area contributed by atoms with Gasteiger partial charge in [-0.25, -0.2) is 0 Å². The first-order chi connectivity index (χ1) is 9.60. The summed E-state index contributed by atoms with van der Waals surface area (Å²) in [6.07, 6.45) is 5.48. The summed E-state index contributed by atoms with van der Waals surface area (Å²) in [6, 6.07) is 4.27. The van der Waals surface area contributed by atoms with Crippen molar-refractivity contribution in [2.75, 3.05) is 38.6 Å². The molecule has 1 aromatic heterocycles. The molecule has 0 saturated carbocycles. The molecule has 0 aliphatic carbocycles. The molecular formula is C16H28N4. The Labute approximate surface area is 123 Å². The summed E-state index contributed by atoms with van der Waals surface area (Å²) in [5, 5.41) is 0. The Morgan fingerprint density at radius 3 is 2.65 bits per heavy atom. The number of piperidine rings is 1. The van der Waals surface area contributed by atoms with Crippen LogP contribution in [0, 0.1) is 5.92 Å². The minimum Gasteiger partial charge on any atom is -0.373 e. The average molecular weight is 276 g/mol. The summed E-state index contributed by atoms with van der Waals surface area (Å²) in [4.78, 5) is 9.24. The maximum Gasteiger partial charge on any atom is 0.0572 e. The van der Waals surface area contributed by atoms with Gasteiger partial charge in [-0.3, -0.25) is 4.98 Å². The molecule has 4 heteroatoms. The lowest BCUT2D eigenvalue weighted by molar-refractivity contribution is 0.222. The van der Waals surface area contributed by atoms with E-state index in [9.17, 15) is 0 Å². The van der Waals surface area contributed by atoms with Crippen molar-refractivity contribution in [2.45, 2.75) is 32.2 Å². The fourth-order valence-corrected chi connectivity index (χ4v) is 2.79. The van der Waals surface area contributed by atoms with Gasteiger partial charge in [-0.2, -0.15) is 0 Å². The van der Waals surface area contributed by atoms with E-state index < -0.39 is 0 Å². The van der Waals surface area contributed by atoms with E-state index in [0.717, 1.165) is 24.6 Å². The zero-order chi connectivity index (χ0) is 14.5. The quantitative estimate of drug-likeness (QED) is 0.896. The van der Waals surface area contributed by atoms with Gasteiger partial charge in [-0.05, 0) is 57.5 Å². The highest BCUT2D eigenvalue weighted by atomic mass is 15.1. The Hall–Kier alpha value is -1.13. The molecule has 1 atom stereocenters. The van der Waals surface area contributed by atoms with Crippen LogP contribution in [0.25, 0.3) is 0 Å². The predicted molar refractivity (Wildman–Crippen MR) is 84.9 cm³/mol. The molecule has 2 rings (SSSR count). The Kier molecular flexibility index (Phi) is 5.38. The second-order valence-corrected chi connectivity index (χ2v) is 6.08. The Morgan fingerprint density at radius 1 is 1.40 bits per heavy atom. The molecular weight excluding hydrogens is 248 g/mol. The number of rotatable bonds is 5. The fraction of sp³-hybridized carbons (Fsp3) is 0.688. The fourth-order valence-electron chi connectivity index (χ4n) is 2.79. The molecule has 2 heterocycles. The standard InChI is InChI=1S/C16H28N4/c1-4-15(17)16-6-5-14(11-18-16)20(3)12-13-7-9-19(2)10-8-13/h5-6,11,13,15H,4,7-10,12,17H2,1-3H3/t15-/m0/s1. The largest absolute Gasteiger partial charge is 0.373 e. The highest BCUT2D eigenvalue weighted by Gasteiger charge is 2.18. The Balaban J connectivity index is 1.90. The SMILES string of the molecule is CC[C@H](N)c1ccc(N(C)CC2CCN(C)CC2)cn1. The predicted octanol–water partition coefficient (Wildman–Crippen LogP) is 2.27. The summed E-state index contributed by atoms with van der Waals surface area (Å²) in [6.45, 7) is 5.66. The first-order valence-corrected chi connectivity index (χ1v) is 7.71. The third-order valence-electron chi connectivity index (χ3n) is 4.40. The topological polar surface area (TPSA) is 45.4 Å². The van der Waals surface area contributed by atoms with Crippen LogP contribution in [0.3, 0.4) is 0 Å². The molecule has 1 fully saturated rings. The van der Waals surface area contributed by atoms with E-state index in [2.05, 4.69) is 47.9 Å². The number of nitrogens with two attached hydrogens (primary N) is 1. The van der Waals surface area contributed by atoms with Crippen LogP contribution in [0.15, 0.2) is 18.3 Å². The number of hydrogen-bond donors (Lipinski definition) is 1. The third kappa shape index (κ3) is 3.93. The first kappa shape index (κ1) is 15.3. The Morgan fingerprint density at radius 2 is 2.10 bits per heavy atom. The molecule has 112 valence electrons. The van der Waals surface area contributed by atoms with Crippen molar-refractivity contribution in [1.29, 1.82) is 0 Å². The highest BCUT2D eigenvalue weighted by molar-refractivity contribution is 5.44. The third-order valence-corrected chi connectivity index (χ3v) is 4.40. The van der Waals surface area contributed by atoms with Crippen LogP contribution in [0.1, 0.15) is 37.9 Å². The molecule has 0 radical (unpaired) electrons. The van der Waals surface area contributed by atoms with E-state index in [1.165, 1.54) is 31.6 Å². The zero-order valence-corrected chi connectivity index (χ0v) is 13.0. The van der Waals surface area contributed by atoms with Crippen molar-refractivity contribution in [3.05, 3.63) is 24.0 Å². The van der Waals surface area contributed by atoms with Gasteiger partial charge in [0, 0.05) is 19.6 Å². The second-order valence-electron chi connectivity index (χ2n) is 6.08. The van der Waals surface area contributed by atoms with E-state index in [-0.39, 0.29) is 6.04 Å².